The number of carbonyl (C=O) groups excluding carboxylic acids is 1. The van der Waals surface area contributed by atoms with E-state index in [9.17, 15) is 4.79 Å². The number of hydrazine groups is 1. The van der Waals surface area contributed by atoms with Crippen LogP contribution in [0, 0.1) is 6.92 Å². The molecule has 1 aromatic carbocycles. The predicted octanol–water partition coefficient (Wildman–Crippen LogP) is 2.07. The molecule has 0 bridgehead atoms. The van der Waals surface area contributed by atoms with Crippen LogP contribution in [0.4, 0.5) is 5.69 Å². The maximum absolute atomic E-state index is 11.2. The van der Waals surface area contributed by atoms with Crippen LogP contribution >= 0.6 is 11.8 Å². The lowest BCUT2D eigenvalue weighted by molar-refractivity contribution is 0.0924. The minimum atomic E-state index is -0.434. The Kier molecular flexibility index (Phi) is 4.13. The van der Waals surface area contributed by atoms with Gasteiger partial charge in [0, 0.05) is 10.6 Å². The quantitative estimate of drug-likeness (QED) is 0.261. The van der Waals surface area contributed by atoms with Gasteiger partial charge in [0.1, 0.15) is 5.76 Å². The van der Waals surface area contributed by atoms with Crippen molar-refractivity contribution in [2.75, 3.05) is 5.73 Å². The van der Waals surface area contributed by atoms with Crippen LogP contribution in [0.5, 0.6) is 0 Å². The van der Waals surface area contributed by atoms with Gasteiger partial charge in [-0.2, -0.15) is 0 Å². The van der Waals surface area contributed by atoms with Crippen LogP contribution in [0.25, 0.3) is 0 Å². The predicted molar refractivity (Wildman–Crippen MR) is 75.5 cm³/mol. The number of hydrogen-bond donors (Lipinski definition) is 3. The van der Waals surface area contributed by atoms with E-state index in [1.807, 2.05) is 30.5 Å². The first kappa shape index (κ1) is 13.5. The lowest BCUT2D eigenvalue weighted by Gasteiger charge is -2.05. The summed E-state index contributed by atoms with van der Waals surface area (Å²) in [5, 5.41) is 0. The fraction of sp³-hybridized carbons (Fsp3) is 0.154. The smallest absolute Gasteiger partial charge is 0.300 e. The number of benzene rings is 1. The zero-order chi connectivity index (χ0) is 13.8. The van der Waals surface area contributed by atoms with Crippen molar-refractivity contribution in [2.24, 2.45) is 5.84 Å². The summed E-state index contributed by atoms with van der Waals surface area (Å²) in [6, 6.07) is 9.14. The van der Waals surface area contributed by atoms with Gasteiger partial charge in [0.15, 0.2) is 5.76 Å². The molecule has 6 heteroatoms. The van der Waals surface area contributed by atoms with E-state index in [0.717, 1.165) is 16.1 Å². The highest BCUT2D eigenvalue weighted by Crippen LogP contribution is 2.28. The zero-order valence-corrected chi connectivity index (χ0v) is 11.3. The van der Waals surface area contributed by atoms with E-state index in [2.05, 4.69) is 0 Å². The van der Waals surface area contributed by atoms with E-state index >= 15 is 0 Å². The fourth-order valence-corrected chi connectivity index (χ4v) is 2.54. The molecule has 5 nitrogen and oxygen atoms in total. The van der Waals surface area contributed by atoms with Gasteiger partial charge in [-0.1, -0.05) is 6.07 Å². The first-order valence-electron chi connectivity index (χ1n) is 5.68. The van der Waals surface area contributed by atoms with Crippen molar-refractivity contribution < 1.29 is 9.21 Å². The molecule has 0 aliphatic rings. The molecule has 19 heavy (non-hydrogen) atoms. The van der Waals surface area contributed by atoms with Gasteiger partial charge in [-0.25, -0.2) is 5.84 Å². The monoisotopic (exact) mass is 277 g/mol. The zero-order valence-electron chi connectivity index (χ0n) is 10.5. The van der Waals surface area contributed by atoms with Gasteiger partial charge in [-0.3, -0.25) is 10.2 Å². The molecule has 0 radical (unpaired) electrons. The number of furan rings is 1. The molecule has 1 heterocycles. The van der Waals surface area contributed by atoms with Crippen molar-refractivity contribution in [1.29, 1.82) is 0 Å². The number of nitrogen functional groups attached to an aromatic ring is 2. The normalized spacial score (nSPS) is 10.4. The lowest BCUT2D eigenvalue weighted by atomic mass is 10.2. The molecule has 2 aromatic rings. The molecule has 0 atom stereocenters. The average molecular weight is 277 g/mol. The van der Waals surface area contributed by atoms with Crippen molar-refractivity contribution in [3.05, 3.63) is 47.4 Å². The van der Waals surface area contributed by atoms with Gasteiger partial charge in [0.2, 0.25) is 0 Å². The second-order valence-corrected chi connectivity index (χ2v) is 5.07. The van der Waals surface area contributed by atoms with Crippen LogP contribution < -0.4 is 17.0 Å². The highest BCUT2D eigenvalue weighted by atomic mass is 32.2. The summed E-state index contributed by atoms with van der Waals surface area (Å²) in [6.45, 7) is 2.03. The molecule has 0 aliphatic carbocycles. The van der Waals surface area contributed by atoms with E-state index in [4.69, 9.17) is 16.0 Å². The van der Waals surface area contributed by atoms with Gasteiger partial charge in [0.25, 0.3) is 0 Å². The average Bonchev–Trinajstić information content (AvgIpc) is 2.88. The maximum Gasteiger partial charge on any atom is 0.300 e. The largest absolute Gasteiger partial charge is 0.455 e. The summed E-state index contributed by atoms with van der Waals surface area (Å²) in [5.74, 6) is 6.15. The van der Waals surface area contributed by atoms with Gasteiger partial charge < -0.3 is 10.2 Å². The standard InChI is InChI=1S/C13H15N3O2S/c1-8-2-3-9(14)6-12(8)19-7-10-4-5-11(18-10)13(17)16-15/h2-6H,7,14-15H2,1H3,(H,16,17). The van der Waals surface area contributed by atoms with E-state index in [1.54, 1.807) is 23.9 Å². The third-order valence-electron chi connectivity index (χ3n) is 2.60. The SMILES string of the molecule is Cc1ccc(N)cc1SCc1ccc(C(=O)NN)o1. The number of rotatable bonds is 4. The molecule has 0 spiro atoms. The number of aryl methyl sites for hydroxylation is 1. The Morgan fingerprint density at radius 2 is 2.16 bits per heavy atom. The molecule has 100 valence electrons. The summed E-state index contributed by atoms with van der Waals surface area (Å²) in [7, 11) is 0. The lowest BCUT2D eigenvalue weighted by Crippen LogP contribution is -2.29. The highest BCUT2D eigenvalue weighted by Gasteiger charge is 2.10. The number of thioether (sulfide) groups is 1. The second-order valence-electron chi connectivity index (χ2n) is 4.05. The molecule has 5 N–H and O–H groups in total. The highest BCUT2D eigenvalue weighted by molar-refractivity contribution is 7.98. The summed E-state index contributed by atoms with van der Waals surface area (Å²) >= 11 is 1.61. The Morgan fingerprint density at radius 3 is 2.89 bits per heavy atom. The van der Waals surface area contributed by atoms with Gasteiger partial charge in [-0.15, -0.1) is 11.8 Å². The van der Waals surface area contributed by atoms with Crippen molar-refractivity contribution >= 4 is 23.4 Å². The first-order valence-corrected chi connectivity index (χ1v) is 6.67. The summed E-state index contributed by atoms with van der Waals surface area (Å²) in [6.07, 6.45) is 0. The second kappa shape index (κ2) is 5.81. The Labute approximate surface area is 115 Å². The number of nitrogens with two attached hydrogens (primary N) is 2. The van der Waals surface area contributed by atoms with Crippen LogP contribution in [0.3, 0.4) is 0 Å². The van der Waals surface area contributed by atoms with Gasteiger partial charge in [0.05, 0.1) is 5.75 Å². The Morgan fingerprint density at radius 1 is 1.37 bits per heavy atom. The minimum Gasteiger partial charge on any atom is -0.455 e. The third kappa shape index (κ3) is 3.30. The molecule has 0 unspecified atom stereocenters. The molecular weight excluding hydrogens is 262 g/mol. The molecule has 1 amide bonds. The number of anilines is 1. The third-order valence-corrected chi connectivity index (χ3v) is 3.78. The van der Waals surface area contributed by atoms with Crippen molar-refractivity contribution in [2.45, 2.75) is 17.6 Å². The first-order chi connectivity index (χ1) is 9.10. The number of hydrogen-bond acceptors (Lipinski definition) is 5. The van der Waals surface area contributed by atoms with E-state index in [1.165, 1.54) is 0 Å². The Hall–Kier alpha value is -1.92. The van der Waals surface area contributed by atoms with Crippen LogP contribution in [0.2, 0.25) is 0 Å². The molecule has 0 aliphatic heterocycles. The molecular formula is C13H15N3O2S. The molecule has 1 aromatic heterocycles. The van der Waals surface area contributed by atoms with Crippen LogP contribution in [0.1, 0.15) is 21.9 Å². The topological polar surface area (TPSA) is 94.3 Å². The maximum atomic E-state index is 11.2. The van der Waals surface area contributed by atoms with Gasteiger partial charge >= 0.3 is 5.91 Å². The Balaban J connectivity index is 2.04. The number of carbonyl (C=O) groups is 1. The van der Waals surface area contributed by atoms with Crippen molar-refractivity contribution in [1.82, 2.24) is 5.43 Å². The van der Waals surface area contributed by atoms with Crippen LogP contribution in [0.15, 0.2) is 39.6 Å². The Bertz CT molecular complexity index is 595. The summed E-state index contributed by atoms with van der Waals surface area (Å²) < 4.78 is 5.38. The molecule has 2 rings (SSSR count). The van der Waals surface area contributed by atoms with Crippen molar-refractivity contribution in [3.63, 3.8) is 0 Å². The summed E-state index contributed by atoms with van der Waals surface area (Å²) in [4.78, 5) is 12.3. The number of amides is 1. The number of nitrogens with one attached hydrogen (secondary N) is 1. The van der Waals surface area contributed by atoms with Crippen molar-refractivity contribution in [3.8, 4) is 0 Å². The van der Waals surface area contributed by atoms with Crippen LogP contribution in [-0.4, -0.2) is 5.91 Å². The molecule has 0 saturated carbocycles. The van der Waals surface area contributed by atoms with E-state index in [0.29, 0.717) is 11.5 Å². The molecule has 0 saturated heterocycles. The summed E-state index contributed by atoms with van der Waals surface area (Å²) in [5.41, 5.74) is 9.67. The van der Waals surface area contributed by atoms with Gasteiger partial charge in [-0.05, 0) is 36.8 Å². The van der Waals surface area contributed by atoms with E-state index < -0.39 is 5.91 Å². The fourth-order valence-electron chi connectivity index (χ4n) is 1.57. The van der Waals surface area contributed by atoms with E-state index in [-0.39, 0.29) is 5.76 Å². The minimum absolute atomic E-state index is 0.211. The molecule has 0 fully saturated rings. The van der Waals surface area contributed by atoms with Crippen LogP contribution in [-0.2, 0) is 5.75 Å².